The lowest BCUT2D eigenvalue weighted by atomic mass is 9.62. The second-order valence-electron chi connectivity index (χ2n) is 14.8. The van der Waals surface area contributed by atoms with Gasteiger partial charge in [-0.15, -0.1) is 0 Å². The Morgan fingerprint density at radius 1 is 0.914 bits per heavy atom. The maximum atomic E-state index is 13.8. The first-order valence-electron chi connectivity index (χ1n) is 19.3. The van der Waals surface area contributed by atoms with Crippen LogP contribution in [0.2, 0.25) is 0 Å². The highest BCUT2D eigenvalue weighted by molar-refractivity contribution is 6.24. The van der Waals surface area contributed by atoms with E-state index in [1.807, 2.05) is 52.0 Å². The summed E-state index contributed by atoms with van der Waals surface area (Å²) >= 11 is 0. The SMILES string of the molecule is C=Cc1c2[nH]c(c1C)CC1N=C(/C=c3\[nH]/c(c(CCC(=O)OCCO)c3C)=C\C3=NC(=C\2)/C(C)=C3CCC(=O)OCCO)C2(C)C1=CC=C(C(=O)OC)C2C(=O)OC. The molecule has 14 nitrogen and oxygen atoms in total. The van der Waals surface area contributed by atoms with Crippen LogP contribution in [0.5, 0.6) is 0 Å². The molecule has 0 aromatic carbocycles. The van der Waals surface area contributed by atoms with Crippen LogP contribution in [0, 0.1) is 25.2 Å². The lowest BCUT2D eigenvalue weighted by Gasteiger charge is -2.38. The second kappa shape index (κ2) is 17.3. The van der Waals surface area contributed by atoms with Gasteiger partial charge in [0.15, 0.2) is 0 Å². The molecule has 0 saturated heterocycles. The first-order valence-corrected chi connectivity index (χ1v) is 19.3. The molecule has 0 fully saturated rings. The number of aromatic amines is 2. The van der Waals surface area contributed by atoms with Gasteiger partial charge in [0.05, 0.1) is 55.9 Å². The van der Waals surface area contributed by atoms with Gasteiger partial charge in [0.1, 0.15) is 19.1 Å². The average Bonchev–Trinajstić information content (AvgIpc) is 3.87. The molecular weight excluding hydrogens is 745 g/mol. The van der Waals surface area contributed by atoms with E-state index in [0.29, 0.717) is 40.7 Å². The van der Waals surface area contributed by atoms with Crippen molar-refractivity contribution in [2.24, 2.45) is 21.3 Å². The summed E-state index contributed by atoms with van der Waals surface area (Å²) in [5.41, 5.74) is 8.51. The molecule has 3 aliphatic heterocycles. The Balaban J connectivity index is 1.62. The molecule has 4 aliphatic rings. The minimum Gasteiger partial charge on any atom is -0.469 e. The molecule has 58 heavy (non-hydrogen) atoms. The van der Waals surface area contributed by atoms with E-state index < -0.39 is 41.3 Å². The summed E-state index contributed by atoms with van der Waals surface area (Å²) in [5.74, 6) is -3.26. The Morgan fingerprint density at radius 3 is 2.24 bits per heavy atom. The molecule has 2 aromatic heterocycles. The highest BCUT2D eigenvalue weighted by atomic mass is 16.5. The molecule has 3 unspecified atom stereocenters. The Hall–Kier alpha value is -5.86. The van der Waals surface area contributed by atoms with E-state index in [4.69, 9.17) is 28.9 Å². The summed E-state index contributed by atoms with van der Waals surface area (Å²) in [6, 6.07) is -0.445. The molecule has 2 aromatic rings. The average molecular weight is 795 g/mol. The Labute approximate surface area is 336 Å². The van der Waals surface area contributed by atoms with Crippen LogP contribution in [-0.2, 0) is 51.0 Å². The predicted molar refractivity (Wildman–Crippen MR) is 218 cm³/mol. The van der Waals surface area contributed by atoms with Crippen LogP contribution in [0.25, 0.3) is 24.3 Å². The number of aliphatic hydroxyl groups excluding tert-OH is 2. The van der Waals surface area contributed by atoms with E-state index in [2.05, 4.69) is 16.5 Å². The standard InChI is InChI=1S/C44H50N4O10/c1-8-26-23(2)32-20-37-30-12-9-29(42(53)55-6)41(43(54)56-7)44(30,5)38(48-37)22-33-25(4)28(11-14-40(52)58-18-16-50)36(47-33)21-35-27(10-13-39(51)57-17-15-49)24(3)31(46-35)19-34(26)45-32/h8-9,12,19,21-22,37,41,45,47,49-50H,1,10-11,13-18,20H2,2-7H3/b31-19-,33-22-,36-21-. The lowest BCUT2D eigenvalue weighted by molar-refractivity contribution is -0.149. The number of methoxy groups -OCH3 is 2. The number of fused-ring (bicyclic) bond motifs is 9. The molecule has 14 heteroatoms. The van der Waals surface area contributed by atoms with Gasteiger partial charge in [-0.2, -0.15) is 0 Å². The van der Waals surface area contributed by atoms with Crippen molar-refractivity contribution < 1.29 is 48.3 Å². The number of nitrogens with zero attached hydrogens (tertiary/aromatic N) is 2. The monoisotopic (exact) mass is 794 g/mol. The minimum absolute atomic E-state index is 0.0267. The van der Waals surface area contributed by atoms with Crippen molar-refractivity contribution in [2.45, 2.75) is 65.8 Å². The van der Waals surface area contributed by atoms with Crippen LogP contribution >= 0.6 is 0 Å². The fraction of sp³-hybridized carbons (Fsp3) is 0.409. The summed E-state index contributed by atoms with van der Waals surface area (Å²) in [6.07, 6.45) is 12.1. The number of carbonyl (C=O) groups excluding carboxylic acids is 4. The second-order valence-corrected chi connectivity index (χ2v) is 14.8. The van der Waals surface area contributed by atoms with E-state index in [1.165, 1.54) is 14.2 Å². The topological polar surface area (TPSA) is 202 Å². The third-order valence-corrected chi connectivity index (χ3v) is 11.6. The maximum absolute atomic E-state index is 13.8. The van der Waals surface area contributed by atoms with Crippen molar-refractivity contribution in [3.63, 3.8) is 0 Å². The summed E-state index contributed by atoms with van der Waals surface area (Å²) in [7, 11) is 2.56. The first-order chi connectivity index (χ1) is 27.8. The van der Waals surface area contributed by atoms with Gasteiger partial charge in [-0.05, 0) is 92.2 Å². The first kappa shape index (κ1) is 41.8. The molecule has 0 spiro atoms. The van der Waals surface area contributed by atoms with E-state index in [9.17, 15) is 29.4 Å². The van der Waals surface area contributed by atoms with Crippen LogP contribution in [0.4, 0.5) is 0 Å². The third kappa shape index (κ3) is 7.73. The van der Waals surface area contributed by atoms with Crippen LogP contribution in [0.3, 0.4) is 0 Å². The molecule has 306 valence electrons. The van der Waals surface area contributed by atoms with E-state index in [0.717, 1.165) is 50.4 Å². The molecule has 1 aliphatic carbocycles. The number of H-pyrrole nitrogens is 2. The summed E-state index contributed by atoms with van der Waals surface area (Å²) in [6.45, 7) is 11.1. The number of aliphatic hydroxyl groups is 2. The van der Waals surface area contributed by atoms with Gasteiger partial charge in [-0.25, -0.2) is 9.79 Å². The van der Waals surface area contributed by atoms with Crippen LogP contribution in [0.1, 0.15) is 66.8 Å². The van der Waals surface area contributed by atoms with Gasteiger partial charge >= 0.3 is 23.9 Å². The molecule has 6 rings (SSSR count). The van der Waals surface area contributed by atoms with Crippen LogP contribution in [0.15, 0.2) is 56.7 Å². The van der Waals surface area contributed by atoms with E-state index in [1.54, 1.807) is 12.2 Å². The molecule has 5 heterocycles. The van der Waals surface area contributed by atoms with Crippen LogP contribution < -0.4 is 10.7 Å². The fourth-order valence-corrected chi connectivity index (χ4v) is 8.44. The zero-order valence-electron chi connectivity index (χ0n) is 33.7. The number of hydrogen-bond donors (Lipinski definition) is 4. The van der Waals surface area contributed by atoms with Crippen molar-refractivity contribution >= 4 is 59.6 Å². The number of aliphatic imine (C=N–C) groups is 2. The quantitative estimate of drug-likeness (QED) is 0.173. The molecule has 4 N–H and O–H groups in total. The van der Waals surface area contributed by atoms with E-state index >= 15 is 0 Å². The van der Waals surface area contributed by atoms with Crippen molar-refractivity contribution in [3.8, 4) is 0 Å². The van der Waals surface area contributed by atoms with Crippen LogP contribution in [-0.4, -0.2) is 102 Å². The highest BCUT2D eigenvalue weighted by Crippen LogP contribution is 2.51. The van der Waals surface area contributed by atoms with Gasteiger partial charge in [0.2, 0.25) is 0 Å². The van der Waals surface area contributed by atoms with Gasteiger partial charge in [0, 0.05) is 52.6 Å². The minimum atomic E-state index is -1.13. The number of rotatable bonds is 13. The van der Waals surface area contributed by atoms with Crippen molar-refractivity contribution in [2.75, 3.05) is 40.6 Å². The normalized spacial score (nSPS) is 22.7. The van der Waals surface area contributed by atoms with Gasteiger partial charge in [0.25, 0.3) is 0 Å². The summed E-state index contributed by atoms with van der Waals surface area (Å²) in [5, 5.41) is 19.7. The smallest absolute Gasteiger partial charge is 0.334 e. The number of esters is 4. The number of allylic oxidation sites excluding steroid dienone is 4. The lowest BCUT2D eigenvalue weighted by Crippen LogP contribution is -2.45. The molecule has 3 atom stereocenters. The van der Waals surface area contributed by atoms with Gasteiger partial charge < -0.3 is 39.1 Å². The largest absolute Gasteiger partial charge is 0.469 e. The fourth-order valence-electron chi connectivity index (χ4n) is 8.44. The van der Waals surface area contributed by atoms with Gasteiger partial charge in [-0.3, -0.25) is 19.4 Å². The number of aromatic nitrogens is 2. The number of hydrogen-bond acceptors (Lipinski definition) is 12. The molecular formula is C44H50N4O10. The summed E-state index contributed by atoms with van der Waals surface area (Å²) < 4.78 is 20.8. The predicted octanol–water partition coefficient (Wildman–Crippen LogP) is 2.97. The van der Waals surface area contributed by atoms with E-state index in [-0.39, 0.29) is 51.3 Å². The number of nitrogens with one attached hydrogen (secondary N) is 2. The van der Waals surface area contributed by atoms with Crippen molar-refractivity contribution in [3.05, 3.63) is 91.1 Å². The number of ether oxygens (including phenoxy) is 4. The zero-order valence-corrected chi connectivity index (χ0v) is 33.7. The maximum Gasteiger partial charge on any atom is 0.334 e. The Bertz CT molecular complexity index is 2380. The van der Waals surface area contributed by atoms with Crippen molar-refractivity contribution in [1.82, 2.24) is 9.97 Å². The highest BCUT2D eigenvalue weighted by Gasteiger charge is 2.55. The number of carbonyl (C=O) groups is 4. The zero-order chi connectivity index (χ0) is 41.9. The molecule has 0 saturated carbocycles. The molecule has 0 radical (unpaired) electrons. The molecule has 8 bridgehead atoms. The summed E-state index contributed by atoms with van der Waals surface area (Å²) in [4.78, 5) is 69.9. The Kier molecular flexibility index (Phi) is 12.5. The van der Waals surface area contributed by atoms with Crippen molar-refractivity contribution in [1.29, 1.82) is 0 Å². The third-order valence-electron chi connectivity index (χ3n) is 11.6. The van der Waals surface area contributed by atoms with Gasteiger partial charge in [-0.1, -0.05) is 24.8 Å². The molecule has 0 amide bonds. The Morgan fingerprint density at radius 2 is 1.60 bits per heavy atom.